The maximum Gasteiger partial charge on any atom is 0.0995 e. The van der Waals surface area contributed by atoms with Gasteiger partial charge in [0.15, 0.2) is 0 Å². The number of rotatable bonds is 4. The second-order valence-corrected chi connectivity index (χ2v) is 8.32. The first kappa shape index (κ1) is 17.1. The molecular formula is C22H24ClN3O. The van der Waals surface area contributed by atoms with Crippen LogP contribution in [0.2, 0.25) is 5.02 Å². The van der Waals surface area contributed by atoms with Crippen LogP contribution in [0.5, 0.6) is 0 Å². The monoisotopic (exact) mass is 381 g/mol. The third-order valence-corrected chi connectivity index (χ3v) is 6.38. The van der Waals surface area contributed by atoms with Gasteiger partial charge in [-0.1, -0.05) is 17.7 Å². The summed E-state index contributed by atoms with van der Waals surface area (Å²) in [5, 5.41) is 12.1. The number of aliphatic hydroxyl groups is 1. The summed E-state index contributed by atoms with van der Waals surface area (Å²) in [6, 6.07) is 12.4. The van der Waals surface area contributed by atoms with Crippen molar-refractivity contribution >= 4 is 22.8 Å². The molecule has 140 valence electrons. The minimum absolute atomic E-state index is 0.277. The molecule has 1 aromatic carbocycles. The van der Waals surface area contributed by atoms with E-state index >= 15 is 0 Å². The van der Waals surface area contributed by atoms with Gasteiger partial charge in [-0.2, -0.15) is 0 Å². The molecule has 1 aliphatic heterocycles. The van der Waals surface area contributed by atoms with Crippen molar-refractivity contribution in [1.82, 2.24) is 9.38 Å². The highest BCUT2D eigenvalue weighted by Gasteiger charge is 2.34. The minimum atomic E-state index is -0.439. The lowest BCUT2D eigenvalue weighted by molar-refractivity contribution is 0.0871. The molecule has 0 amide bonds. The van der Waals surface area contributed by atoms with E-state index in [1.165, 1.54) is 24.1 Å². The van der Waals surface area contributed by atoms with Crippen molar-refractivity contribution in [3.63, 3.8) is 0 Å². The van der Waals surface area contributed by atoms with Gasteiger partial charge >= 0.3 is 0 Å². The van der Waals surface area contributed by atoms with Crippen LogP contribution in [0.1, 0.15) is 49.0 Å². The standard InChI is InChI=1S/C22H24ClN3O/c23-17-3-5-18(6-4-17)25-11-9-16(10-12-25)22(27)21-20(15-1-2-15)8-7-19-13-24-14-26(19)21/h3-8,13-16,22,27H,1-2,9-12H2. The molecule has 1 saturated carbocycles. The van der Waals surface area contributed by atoms with Crippen molar-refractivity contribution in [3.05, 3.63) is 65.2 Å². The number of pyridine rings is 1. The van der Waals surface area contributed by atoms with E-state index in [4.69, 9.17) is 11.6 Å². The summed E-state index contributed by atoms with van der Waals surface area (Å²) in [5.41, 5.74) is 4.65. The summed E-state index contributed by atoms with van der Waals surface area (Å²) < 4.78 is 2.10. The summed E-state index contributed by atoms with van der Waals surface area (Å²) >= 11 is 6.01. The Morgan fingerprint density at radius 1 is 1.00 bits per heavy atom. The van der Waals surface area contributed by atoms with Crippen molar-refractivity contribution in [3.8, 4) is 0 Å². The highest BCUT2D eigenvalue weighted by atomic mass is 35.5. The van der Waals surface area contributed by atoms with Crippen LogP contribution < -0.4 is 4.90 Å². The highest BCUT2D eigenvalue weighted by molar-refractivity contribution is 6.30. The van der Waals surface area contributed by atoms with Crippen LogP contribution in [-0.4, -0.2) is 27.6 Å². The van der Waals surface area contributed by atoms with Gasteiger partial charge in [-0.3, -0.25) is 0 Å². The van der Waals surface area contributed by atoms with E-state index < -0.39 is 6.10 Å². The molecule has 0 spiro atoms. The summed E-state index contributed by atoms with van der Waals surface area (Å²) in [5.74, 6) is 0.884. The van der Waals surface area contributed by atoms with E-state index in [9.17, 15) is 5.11 Å². The van der Waals surface area contributed by atoms with Gasteiger partial charge in [0.05, 0.1) is 29.8 Å². The number of imidazole rings is 1. The molecule has 5 rings (SSSR count). The van der Waals surface area contributed by atoms with Crippen LogP contribution in [0.25, 0.3) is 5.52 Å². The molecule has 2 aromatic heterocycles. The lowest BCUT2D eigenvalue weighted by Crippen LogP contribution is -2.36. The average Bonchev–Trinajstić information content (AvgIpc) is 3.44. The SMILES string of the molecule is OC(c1c(C2CC2)ccc2cncn12)C1CCN(c2ccc(Cl)cc2)CC1. The molecular weight excluding hydrogens is 358 g/mol. The van der Waals surface area contributed by atoms with Gasteiger partial charge in [0.1, 0.15) is 0 Å². The van der Waals surface area contributed by atoms with Gasteiger partial charge in [-0.25, -0.2) is 4.98 Å². The van der Waals surface area contributed by atoms with Crippen molar-refractivity contribution in [1.29, 1.82) is 0 Å². The topological polar surface area (TPSA) is 40.8 Å². The Labute approximate surface area is 164 Å². The smallest absolute Gasteiger partial charge is 0.0995 e. The van der Waals surface area contributed by atoms with Crippen molar-refractivity contribution in [2.24, 2.45) is 5.92 Å². The number of aromatic nitrogens is 2. The second-order valence-electron chi connectivity index (χ2n) is 7.88. The number of nitrogens with zero attached hydrogens (tertiary/aromatic N) is 3. The predicted molar refractivity (Wildman–Crippen MR) is 109 cm³/mol. The maximum absolute atomic E-state index is 11.3. The lowest BCUT2D eigenvalue weighted by Gasteiger charge is -2.36. The normalized spacial score (nSPS) is 19.6. The van der Waals surface area contributed by atoms with Gasteiger partial charge < -0.3 is 14.4 Å². The summed E-state index contributed by atoms with van der Waals surface area (Å²) in [4.78, 5) is 6.69. The third-order valence-electron chi connectivity index (χ3n) is 6.13. The van der Waals surface area contributed by atoms with E-state index in [0.29, 0.717) is 5.92 Å². The molecule has 1 aliphatic carbocycles. The Morgan fingerprint density at radius 2 is 1.74 bits per heavy atom. The molecule has 1 N–H and O–H groups in total. The first-order valence-corrected chi connectivity index (χ1v) is 10.2. The van der Waals surface area contributed by atoms with Gasteiger partial charge in [-0.05, 0) is 73.4 Å². The van der Waals surface area contributed by atoms with Gasteiger partial charge in [-0.15, -0.1) is 0 Å². The van der Waals surface area contributed by atoms with E-state index in [2.05, 4.69) is 38.6 Å². The molecule has 2 aliphatic rings. The fourth-order valence-corrected chi connectivity index (χ4v) is 4.56. The number of anilines is 1. The fourth-order valence-electron chi connectivity index (χ4n) is 4.43. The number of hydrogen-bond acceptors (Lipinski definition) is 3. The number of piperidine rings is 1. The minimum Gasteiger partial charge on any atom is -0.387 e. The fraction of sp³-hybridized carbons (Fsp3) is 0.409. The molecule has 3 heterocycles. The second kappa shape index (κ2) is 6.84. The first-order valence-electron chi connectivity index (χ1n) is 9.84. The maximum atomic E-state index is 11.3. The molecule has 1 unspecified atom stereocenters. The molecule has 3 aromatic rings. The number of fused-ring (bicyclic) bond motifs is 1. The molecule has 4 nitrogen and oxygen atoms in total. The highest BCUT2D eigenvalue weighted by Crippen LogP contribution is 2.45. The van der Waals surface area contributed by atoms with Crippen molar-refractivity contribution in [2.75, 3.05) is 18.0 Å². The zero-order valence-electron chi connectivity index (χ0n) is 15.3. The molecule has 27 heavy (non-hydrogen) atoms. The van der Waals surface area contributed by atoms with Crippen LogP contribution in [-0.2, 0) is 0 Å². The zero-order valence-corrected chi connectivity index (χ0v) is 16.0. The molecule has 0 radical (unpaired) electrons. The Balaban J connectivity index is 1.37. The zero-order chi connectivity index (χ0) is 18.4. The Hall–Kier alpha value is -2.04. The van der Waals surface area contributed by atoms with Crippen LogP contribution in [0, 0.1) is 5.92 Å². The van der Waals surface area contributed by atoms with E-state index in [0.717, 1.165) is 42.2 Å². The van der Waals surface area contributed by atoms with Crippen molar-refractivity contribution in [2.45, 2.75) is 37.7 Å². The first-order chi connectivity index (χ1) is 13.2. The van der Waals surface area contributed by atoms with Gasteiger partial charge in [0, 0.05) is 23.8 Å². The molecule has 0 bridgehead atoms. The van der Waals surface area contributed by atoms with Gasteiger partial charge in [0.2, 0.25) is 0 Å². The number of aliphatic hydroxyl groups excluding tert-OH is 1. The lowest BCUT2D eigenvalue weighted by atomic mass is 9.87. The quantitative estimate of drug-likeness (QED) is 0.704. The largest absolute Gasteiger partial charge is 0.387 e. The van der Waals surface area contributed by atoms with E-state index in [1.807, 2.05) is 24.7 Å². The number of hydrogen-bond donors (Lipinski definition) is 1. The summed E-state index contributed by atoms with van der Waals surface area (Å²) in [6.07, 6.45) is 7.71. The average molecular weight is 382 g/mol. The van der Waals surface area contributed by atoms with Gasteiger partial charge in [0.25, 0.3) is 0 Å². The third kappa shape index (κ3) is 3.21. The number of halogens is 1. The predicted octanol–water partition coefficient (Wildman–Crippen LogP) is 4.82. The molecule has 1 atom stereocenters. The van der Waals surface area contributed by atoms with Crippen LogP contribution in [0.15, 0.2) is 48.9 Å². The summed E-state index contributed by atoms with van der Waals surface area (Å²) in [7, 11) is 0. The van der Waals surface area contributed by atoms with Crippen LogP contribution >= 0.6 is 11.6 Å². The van der Waals surface area contributed by atoms with Crippen LogP contribution in [0.3, 0.4) is 0 Å². The Kier molecular flexibility index (Phi) is 4.33. The summed E-state index contributed by atoms with van der Waals surface area (Å²) in [6.45, 7) is 1.92. The molecule has 5 heteroatoms. The Bertz CT molecular complexity index is 940. The van der Waals surface area contributed by atoms with E-state index in [-0.39, 0.29) is 5.92 Å². The molecule has 1 saturated heterocycles. The van der Waals surface area contributed by atoms with Crippen molar-refractivity contribution < 1.29 is 5.11 Å². The Morgan fingerprint density at radius 3 is 2.44 bits per heavy atom. The van der Waals surface area contributed by atoms with E-state index in [1.54, 1.807) is 0 Å². The van der Waals surface area contributed by atoms with Crippen LogP contribution in [0.4, 0.5) is 5.69 Å². The number of benzene rings is 1. The molecule has 2 fully saturated rings.